The van der Waals surface area contributed by atoms with Gasteiger partial charge in [0.05, 0.1) is 11.3 Å². The number of nitrogens with one attached hydrogen (secondary N) is 1. The van der Waals surface area contributed by atoms with Crippen LogP contribution in [0.1, 0.15) is 36.2 Å². The van der Waals surface area contributed by atoms with Gasteiger partial charge in [0, 0.05) is 5.69 Å². The van der Waals surface area contributed by atoms with E-state index in [1.54, 1.807) is 6.07 Å². The lowest BCUT2D eigenvalue weighted by molar-refractivity contribution is 0.0697. The highest BCUT2D eigenvalue weighted by Crippen LogP contribution is 2.39. The summed E-state index contributed by atoms with van der Waals surface area (Å²) >= 11 is 0. The molecule has 2 rings (SSSR count). The minimum absolute atomic E-state index is 0.0605. The Labute approximate surface area is 124 Å². The molecular formula is C15H19NO4S. The molecule has 0 aromatic heterocycles. The number of benzene rings is 1. The molecule has 0 heterocycles. The first-order valence-electron chi connectivity index (χ1n) is 6.88. The molecule has 0 aliphatic heterocycles. The number of anilines is 1. The van der Waals surface area contributed by atoms with E-state index in [9.17, 15) is 13.2 Å². The van der Waals surface area contributed by atoms with Crippen molar-refractivity contribution in [2.75, 3.05) is 10.5 Å². The molecule has 0 amide bonds. The van der Waals surface area contributed by atoms with Crippen molar-refractivity contribution in [1.29, 1.82) is 0 Å². The summed E-state index contributed by atoms with van der Waals surface area (Å²) in [5.74, 6) is 0.0629. The molecule has 0 bridgehead atoms. The number of carbonyl (C=O) groups is 1. The zero-order valence-corrected chi connectivity index (χ0v) is 12.9. The normalized spacial score (nSPS) is 21.4. The minimum atomic E-state index is -3.43. The molecule has 114 valence electrons. The molecule has 0 saturated heterocycles. The zero-order chi connectivity index (χ0) is 15.6. The number of hydrogen-bond donors (Lipinski definition) is 2. The Morgan fingerprint density at radius 3 is 2.62 bits per heavy atom. The molecule has 1 fully saturated rings. The summed E-state index contributed by atoms with van der Waals surface area (Å²) in [7, 11) is -3.43. The van der Waals surface area contributed by atoms with E-state index in [0.717, 1.165) is 6.42 Å². The van der Waals surface area contributed by atoms with Crippen LogP contribution in [0.5, 0.6) is 0 Å². The van der Waals surface area contributed by atoms with Gasteiger partial charge in [-0.05, 0) is 48.9 Å². The molecular weight excluding hydrogens is 290 g/mol. The van der Waals surface area contributed by atoms with E-state index in [-0.39, 0.29) is 17.0 Å². The van der Waals surface area contributed by atoms with Gasteiger partial charge in [-0.25, -0.2) is 13.2 Å². The molecule has 2 unspecified atom stereocenters. The minimum Gasteiger partial charge on any atom is -0.478 e. The Morgan fingerprint density at radius 2 is 2.10 bits per heavy atom. The Bertz CT molecular complexity index is 679. The molecule has 2 N–H and O–H groups in total. The van der Waals surface area contributed by atoms with Crippen LogP contribution in [0.25, 0.3) is 6.08 Å². The summed E-state index contributed by atoms with van der Waals surface area (Å²) < 4.78 is 25.6. The van der Waals surface area contributed by atoms with E-state index >= 15 is 0 Å². The van der Waals surface area contributed by atoms with Gasteiger partial charge in [-0.3, -0.25) is 4.72 Å². The predicted octanol–water partition coefficient (Wildman–Crippen LogP) is 2.82. The van der Waals surface area contributed by atoms with Gasteiger partial charge in [0.25, 0.3) is 0 Å². The first-order chi connectivity index (χ1) is 9.80. The van der Waals surface area contributed by atoms with Crippen LogP contribution in [0.2, 0.25) is 0 Å². The van der Waals surface area contributed by atoms with Crippen LogP contribution in [0.4, 0.5) is 5.69 Å². The molecule has 21 heavy (non-hydrogen) atoms. The van der Waals surface area contributed by atoms with Crippen molar-refractivity contribution in [3.63, 3.8) is 0 Å². The van der Waals surface area contributed by atoms with Gasteiger partial charge in [-0.1, -0.05) is 19.1 Å². The molecule has 1 saturated carbocycles. The van der Waals surface area contributed by atoms with Crippen LogP contribution in [0.3, 0.4) is 0 Å². The summed E-state index contributed by atoms with van der Waals surface area (Å²) in [6, 6.07) is 4.51. The number of allylic oxidation sites excluding steroid dienone is 1. The summed E-state index contributed by atoms with van der Waals surface area (Å²) in [6.07, 6.45) is 5.04. The van der Waals surface area contributed by atoms with Gasteiger partial charge in [0.2, 0.25) is 10.0 Å². The lowest BCUT2D eigenvalue weighted by atomic mass is 10.1. The number of carboxylic acids is 1. The van der Waals surface area contributed by atoms with Crippen LogP contribution in [-0.4, -0.2) is 25.2 Å². The van der Waals surface area contributed by atoms with Crippen molar-refractivity contribution in [1.82, 2.24) is 0 Å². The maximum absolute atomic E-state index is 11.6. The Balaban J connectivity index is 2.30. The molecule has 0 radical (unpaired) electrons. The summed E-state index contributed by atoms with van der Waals surface area (Å²) in [5.41, 5.74) is 1.03. The van der Waals surface area contributed by atoms with Crippen LogP contribution >= 0.6 is 0 Å². The molecule has 0 spiro atoms. The lowest BCUT2D eigenvalue weighted by Gasteiger charge is -2.08. The largest absolute Gasteiger partial charge is 0.478 e. The van der Waals surface area contributed by atoms with Crippen LogP contribution in [-0.2, 0) is 10.0 Å². The fourth-order valence-corrected chi connectivity index (χ4v) is 2.66. The van der Waals surface area contributed by atoms with E-state index in [0.29, 0.717) is 17.4 Å². The van der Waals surface area contributed by atoms with Gasteiger partial charge in [-0.2, -0.15) is 0 Å². The summed E-state index contributed by atoms with van der Waals surface area (Å²) in [6.45, 7) is 3.68. The van der Waals surface area contributed by atoms with Crippen LogP contribution in [0.15, 0.2) is 24.3 Å². The van der Waals surface area contributed by atoms with E-state index in [1.165, 1.54) is 19.1 Å². The smallest absolute Gasteiger partial charge is 0.335 e. The maximum Gasteiger partial charge on any atom is 0.335 e. The molecule has 6 heteroatoms. The number of rotatable bonds is 6. The van der Waals surface area contributed by atoms with Crippen molar-refractivity contribution < 1.29 is 18.3 Å². The second kappa shape index (κ2) is 5.89. The van der Waals surface area contributed by atoms with Crippen molar-refractivity contribution in [3.05, 3.63) is 35.4 Å². The average molecular weight is 309 g/mol. The lowest BCUT2D eigenvalue weighted by Crippen LogP contribution is -2.15. The number of sulfonamides is 1. The highest BCUT2D eigenvalue weighted by molar-refractivity contribution is 7.92. The number of carboxylic acid groups (broad SMARTS) is 1. The first kappa shape index (κ1) is 15.6. The van der Waals surface area contributed by atoms with Crippen molar-refractivity contribution in [2.45, 2.75) is 20.3 Å². The highest BCUT2D eigenvalue weighted by Gasteiger charge is 2.29. The fraction of sp³-hybridized carbons (Fsp3) is 0.400. The standard InChI is InChI=1S/C15H19NO4S/c1-3-21(19,20)16-14-8-11(4-5-12-6-10(12)2)7-13(9-14)15(17)18/h4-5,7-10,12,16H,3,6H2,1-2H3,(H,17,18). The third-order valence-corrected chi connectivity index (χ3v) is 4.87. The van der Waals surface area contributed by atoms with Gasteiger partial charge in [-0.15, -0.1) is 0 Å². The second-order valence-corrected chi connectivity index (χ2v) is 7.40. The molecule has 1 aliphatic rings. The first-order valence-corrected chi connectivity index (χ1v) is 8.53. The van der Waals surface area contributed by atoms with Gasteiger partial charge >= 0.3 is 5.97 Å². The number of aromatic carboxylic acids is 1. The monoisotopic (exact) mass is 309 g/mol. The topological polar surface area (TPSA) is 83.5 Å². The second-order valence-electron chi connectivity index (χ2n) is 5.39. The quantitative estimate of drug-likeness (QED) is 0.846. The van der Waals surface area contributed by atoms with Crippen molar-refractivity contribution in [3.8, 4) is 0 Å². The van der Waals surface area contributed by atoms with Gasteiger partial charge in [0.15, 0.2) is 0 Å². The fourth-order valence-electron chi connectivity index (χ4n) is 2.04. The molecule has 1 aromatic carbocycles. The summed E-state index contributed by atoms with van der Waals surface area (Å²) in [5, 5.41) is 9.12. The predicted molar refractivity (Wildman–Crippen MR) is 82.8 cm³/mol. The third kappa shape index (κ3) is 4.32. The average Bonchev–Trinajstić information content (AvgIpc) is 3.11. The van der Waals surface area contributed by atoms with Crippen LogP contribution < -0.4 is 4.72 Å². The number of hydrogen-bond acceptors (Lipinski definition) is 3. The van der Waals surface area contributed by atoms with E-state index in [4.69, 9.17) is 5.11 Å². The molecule has 1 aromatic rings. The molecule has 2 atom stereocenters. The van der Waals surface area contributed by atoms with E-state index in [2.05, 4.69) is 11.6 Å². The van der Waals surface area contributed by atoms with Gasteiger partial charge in [0.1, 0.15) is 0 Å². The Morgan fingerprint density at radius 1 is 1.43 bits per heavy atom. The van der Waals surface area contributed by atoms with Crippen LogP contribution in [0, 0.1) is 11.8 Å². The van der Waals surface area contributed by atoms with E-state index in [1.807, 2.05) is 12.2 Å². The molecule has 5 nitrogen and oxygen atoms in total. The highest BCUT2D eigenvalue weighted by atomic mass is 32.2. The Kier molecular flexibility index (Phi) is 4.37. The molecule has 1 aliphatic carbocycles. The summed E-state index contributed by atoms with van der Waals surface area (Å²) in [4.78, 5) is 11.1. The third-order valence-electron chi connectivity index (χ3n) is 3.56. The van der Waals surface area contributed by atoms with Crippen molar-refractivity contribution in [2.24, 2.45) is 11.8 Å². The Hall–Kier alpha value is -1.82. The van der Waals surface area contributed by atoms with Gasteiger partial charge < -0.3 is 5.11 Å². The SMILES string of the molecule is CCS(=O)(=O)Nc1cc(C=CC2CC2C)cc(C(=O)O)c1. The zero-order valence-electron chi connectivity index (χ0n) is 12.0. The van der Waals surface area contributed by atoms with Crippen molar-refractivity contribution >= 4 is 27.8 Å². The maximum atomic E-state index is 11.6. The van der Waals surface area contributed by atoms with E-state index < -0.39 is 16.0 Å².